The molecule has 0 amide bonds. The second kappa shape index (κ2) is 9.90. The molecule has 1 unspecified atom stereocenters. The summed E-state index contributed by atoms with van der Waals surface area (Å²) in [4.78, 5) is 11.1. The number of carboxylic acid groups (broad SMARTS) is 1. The standard InChI is InChI=1S/C28H30O4/c1-3-19(18-28(29)30)20-8-12-24(13-9-20)32-27-15-11-23-16-22(10-14-26(23)27)21-6-5-7-25(17-21)31-4-2/h5-10,12-14,16-17,19,27H,3-4,11,15,18H2,1-2H3,(H,29,30)/t19-,27?/m1/s1. The minimum atomic E-state index is -0.760. The molecular weight excluding hydrogens is 400 g/mol. The van der Waals surface area contributed by atoms with Gasteiger partial charge in [-0.3, -0.25) is 4.79 Å². The summed E-state index contributed by atoms with van der Waals surface area (Å²) in [6, 6.07) is 22.8. The molecule has 0 aliphatic heterocycles. The molecule has 0 bridgehead atoms. The van der Waals surface area contributed by atoms with E-state index in [1.165, 1.54) is 16.7 Å². The van der Waals surface area contributed by atoms with E-state index < -0.39 is 5.97 Å². The van der Waals surface area contributed by atoms with Gasteiger partial charge in [-0.05, 0) is 84.2 Å². The Morgan fingerprint density at radius 3 is 2.50 bits per heavy atom. The maximum atomic E-state index is 11.1. The molecule has 1 aliphatic carbocycles. The van der Waals surface area contributed by atoms with Crippen molar-refractivity contribution >= 4 is 5.97 Å². The average molecular weight is 431 g/mol. The molecule has 1 aliphatic rings. The van der Waals surface area contributed by atoms with Gasteiger partial charge in [-0.2, -0.15) is 0 Å². The van der Waals surface area contributed by atoms with Crippen molar-refractivity contribution in [2.45, 2.75) is 51.6 Å². The predicted molar refractivity (Wildman–Crippen MR) is 126 cm³/mol. The summed E-state index contributed by atoms with van der Waals surface area (Å²) in [5.74, 6) is 0.992. The average Bonchev–Trinajstić information content (AvgIpc) is 3.20. The van der Waals surface area contributed by atoms with Crippen molar-refractivity contribution in [1.29, 1.82) is 0 Å². The Kier molecular flexibility index (Phi) is 6.79. The molecule has 0 fully saturated rings. The molecule has 0 saturated heterocycles. The maximum Gasteiger partial charge on any atom is 0.303 e. The summed E-state index contributed by atoms with van der Waals surface area (Å²) in [6.07, 6.45) is 2.95. The van der Waals surface area contributed by atoms with Gasteiger partial charge in [0.2, 0.25) is 0 Å². The molecule has 0 saturated carbocycles. The molecule has 4 rings (SSSR count). The molecule has 166 valence electrons. The predicted octanol–water partition coefficient (Wildman–Crippen LogP) is 6.79. The van der Waals surface area contributed by atoms with Crippen LogP contribution in [0.1, 0.15) is 61.8 Å². The van der Waals surface area contributed by atoms with E-state index in [0.29, 0.717) is 6.61 Å². The third kappa shape index (κ3) is 4.96. The Labute approximate surface area is 189 Å². The van der Waals surface area contributed by atoms with Crippen LogP contribution in [0.2, 0.25) is 0 Å². The van der Waals surface area contributed by atoms with E-state index in [4.69, 9.17) is 14.6 Å². The third-order valence-corrected chi connectivity index (χ3v) is 6.19. The van der Waals surface area contributed by atoms with Crippen molar-refractivity contribution in [3.05, 3.63) is 83.4 Å². The molecule has 0 heterocycles. The van der Waals surface area contributed by atoms with Gasteiger partial charge in [-0.25, -0.2) is 0 Å². The first-order valence-corrected chi connectivity index (χ1v) is 11.4. The molecule has 32 heavy (non-hydrogen) atoms. The Hall–Kier alpha value is -3.27. The molecule has 0 aromatic heterocycles. The number of ether oxygens (including phenoxy) is 2. The Morgan fingerprint density at radius 1 is 1.00 bits per heavy atom. The lowest BCUT2D eigenvalue weighted by atomic mass is 9.93. The third-order valence-electron chi connectivity index (χ3n) is 6.19. The van der Waals surface area contributed by atoms with Gasteiger partial charge >= 0.3 is 5.97 Å². The second-order valence-corrected chi connectivity index (χ2v) is 8.29. The molecule has 0 spiro atoms. The first kappa shape index (κ1) is 21.9. The van der Waals surface area contributed by atoms with Crippen molar-refractivity contribution in [3.8, 4) is 22.6 Å². The van der Waals surface area contributed by atoms with E-state index in [-0.39, 0.29) is 18.4 Å². The van der Waals surface area contributed by atoms with Crippen LogP contribution in [-0.4, -0.2) is 17.7 Å². The fraction of sp³-hybridized carbons (Fsp3) is 0.321. The molecule has 3 aromatic carbocycles. The van der Waals surface area contributed by atoms with Crippen LogP contribution in [0.3, 0.4) is 0 Å². The molecule has 2 atom stereocenters. The Bertz CT molecular complexity index is 1070. The number of carbonyl (C=O) groups is 1. The molecule has 0 radical (unpaired) electrons. The van der Waals surface area contributed by atoms with Crippen LogP contribution >= 0.6 is 0 Å². The highest BCUT2D eigenvalue weighted by Gasteiger charge is 2.24. The fourth-order valence-corrected chi connectivity index (χ4v) is 4.50. The summed E-state index contributed by atoms with van der Waals surface area (Å²) in [6.45, 7) is 4.68. The van der Waals surface area contributed by atoms with Crippen molar-refractivity contribution in [1.82, 2.24) is 0 Å². The van der Waals surface area contributed by atoms with Gasteiger partial charge in [0.15, 0.2) is 0 Å². The smallest absolute Gasteiger partial charge is 0.303 e. The Morgan fingerprint density at radius 2 is 1.78 bits per heavy atom. The zero-order valence-electron chi connectivity index (χ0n) is 18.7. The number of rotatable bonds is 9. The lowest BCUT2D eigenvalue weighted by molar-refractivity contribution is -0.137. The van der Waals surface area contributed by atoms with Crippen molar-refractivity contribution < 1.29 is 19.4 Å². The summed E-state index contributed by atoms with van der Waals surface area (Å²) >= 11 is 0. The molecule has 3 aromatic rings. The van der Waals surface area contributed by atoms with Gasteiger partial charge in [0.25, 0.3) is 0 Å². The second-order valence-electron chi connectivity index (χ2n) is 8.29. The van der Waals surface area contributed by atoms with Gasteiger partial charge in [0.05, 0.1) is 13.0 Å². The van der Waals surface area contributed by atoms with Crippen molar-refractivity contribution in [3.63, 3.8) is 0 Å². The van der Waals surface area contributed by atoms with E-state index >= 15 is 0 Å². The van der Waals surface area contributed by atoms with Crippen LogP contribution in [0.15, 0.2) is 66.7 Å². The molecule has 4 nitrogen and oxygen atoms in total. The van der Waals surface area contributed by atoms with Gasteiger partial charge < -0.3 is 14.6 Å². The largest absolute Gasteiger partial charge is 0.494 e. The van der Waals surface area contributed by atoms with Gasteiger partial charge in [0, 0.05) is 0 Å². The highest BCUT2D eigenvalue weighted by Crippen LogP contribution is 2.38. The van der Waals surface area contributed by atoms with Crippen molar-refractivity contribution in [2.75, 3.05) is 6.61 Å². The summed E-state index contributed by atoms with van der Waals surface area (Å²) < 4.78 is 12.0. The number of aliphatic carboxylic acids is 1. The van der Waals surface area contributed by atoms with Gasteiger partial charge in [-0.1, -0.05) is 49.4 Å². The number of benzene rings is 3. The van der Waals surface area contributed by atoms with Crippen molar-refractivity contribution in [2.24, 2.45) is 0 Å². The summed E-state index contributed by atoms with van der Waals surface area (Å²) in [7, 11) is 0. The van der Waals surface area contributed by atoms with E-state index in [2.05, 4.69) is 30.3 Å². The summed E-state index contributed by atoms with van der Waals surface area (Å²) in [5, 5.41) is 9.11. The van der Waals surface area contributed by atoms with Gasteiger partial charge in [0.1, 0.15) is 17.6 Å². The SMILES string of the molecule is CCOc1cccc(-c2ccc3c(c2)CCC3Oc2ccc([C@H](CC)CC(=O)O)cc2)c1. The monoisotopic (exact) mass is 430 g/mol. The number of fused-ring (bicyclic) bond motifs is 1. The van der Waals surface area contributed by atoms with Crippen LogP contribution in [-0.2, 0) is 11.2 Å². The number of hydrogen-bond acceptors (Lipinski definition) is 3. The van der Waals surface area contributed by atoms with Crippen LogP contribution in [0.4, 0.5) is 0 Å². The van der Waals surface area contributed by atoms with Crippen LogP contribution in [0.5, 0.6) is 11.5 Å². The number of hydrogen-bond donors (Lipinski definition) is 1. The van der Waals surface area contributed by atoms with E-state index in [0.717, 1.165) is 41.9 Å². The first-order valence-electron chi connectivity index (χ1n) is 11.4. The van der Waals surface area contributed by atoms with Crippen LogP contribution in [0.25, 0.3) is 11.1 Å². The molecular formula is C28H30O4. The lowest BCUT2D eigenvalue weighted by Crippen LogP contribution is -2.06. The fourth-order valence-electron chi connectivity index (χ4n) is 4.50. The lowest BCUT2D eigenvalue weighted by Gasteiger charge is -2.17. The highest BCUT2D eigenvalue weighted by atomic mass is 16.5. The van der Waals surface area contributed by atoms with E-state index in [1.54, 1.807) is 0 Å². The Balaban J connectivity index is 1.47. The topological polar surface area (TPSA) is 55.8 Å². The summed E-state index contributed by atoms with van der Waals surface area (Å²) in [5.41, 5.74) is 5.98. The maximum absolute atomic E-state index is 11.1. The quantitative estimate of drug-likeness (QED) is 0.406. The van der Waals surface area contributed by atoms with E-state index in [9.17, 15) is 4.79 Å². The van der Waals surface area contributed by atoms with E-state index in [1.807, 2.05) is 50.2 Å². The van der Waals surface area contributed by atoms with Crippen LogP contribution in [0, 0.1) is 0 Å². The zero-order chi connectivity index (χ0) is 22.5. The minimum Gasteiger partial charge on any atom is -0.494 e. The van der Waals surface area contributed by atoms with Crippen LogP contribution < -0.4 is 9.47 Å². The highest BCUT2D eigenvalue weighted by molar-refractivity contribution is 5.68. The van der Waals surface area contributed by atoms with Gasteiger partial charge in [-0.15, -0.1) is 0 Å². The normalized spacial score (nSPS) is 15.8. The zero-order valence-corrected chi connectivity index (χ0v) is 18.7. The number of aryl methyl sites for hydroxylation is 1. The molecule has 4 heteroatoms. The molecule has 1 N–H and O–H groups in total. The minimum absolute atomic E-state index is 0.0356. The first-order chi connectivity index (χ1) is 15.6. The number of carboxylic acids is 1.